The molecule has 2 atom stereocenters. The van der Waals surface area contributed by atoms with Gasteiger partial charge in [-0.05, 0) is 49.5 Å². The van der Waals surface area contributed by atoms with Crippen LogP contribution in [0.4, 0.5) is 0 Å². The van der Waals surface area contributed by atoms with Crippen LogP contribution in [-0.4, -0.2) is 22.5 Å². The number of rotatable bonds is 9. The first-order chi connectivity index (χ1) is 11.8. The van der Waals surface area contributed by atoms with E-state index >= 15 is 0 Å². The van der Waals surface area contributed by atoms with Gasteiger partial charge in [-0.25, -0.2) is 0 Å². The smallest absolute Gasteiger partial charge is 0.178 e. The van der Waals surface area contributed by atoms with Crippen molar-refractivity contribution in [3.05, 3.63) is 71.0 Å². The Bertz CT molecular complexity index is 633. The van der Waals surface area contributed by atoms with Crippen LogP contribution in [0.2, 0.25) is 0 Å². The first kappa shape index (κ1) is 21.2. The van der Waals surface area contributed by atoms with E-state index in [1.165, 1.54) is 16.7 Å². The Kier molecular flexibility index (Phi) is 8.62. The molecule has 5 N–H and O–H groups in total. The highest BCUT2D eigenvalue weighted by Gasteiger charge is 2.16. The van der Waals surface area contributed by atoms with E-state index in [0.717, 1.165) is 12.8 Å². The highest BCUT2D eigenvalue weighted by molar-refractivity contribution is 5.38. The van der Waals surface area contributed by atoms with Crippen molar-refractivity contribution < 1.29 is 10.2 Å². The number of hydrogen-bond donors (Lipinski definition) is 4. The average Bonchev–Trinajstić information content (AvgIpc) is 2.56. The molecule has 4 heteroatoms. The number of allylic oxidation sites excluding steroid dienone is 1. The predicted octanol–water partition coefficient (Wildman–Crippen LogP) is 3.25. The van der Waals surface area contributed by atoms with Gasteiger partial charge in [0.2, 0.25) is 0 Å². The maximum atomic E-state index is 9.42. The number of aliphatic hydroxyl groups is 2. The third kappa shape index (κ3) is 6.16. The molecule has 0 heterocycles. The Morgan fingerprint density at radius 2 is 2.04 bits per heavy atom. The van der Waals surface area contributed by atoms with Crippen molar-refractivity contribution in [2.45, 2.75) is 58.9 Å². The maximum absolute atomic E-state index is 9.42. The number of benzene rings is 1. The molecule has 0 radical (unpaired) electrons. The van der Waals surface area contributed by atoms with Crippen LogP contribution < -0.4 is 11.1 Å². The molecule has 1 aromatic rings. The number of nitrogens with one attached hydrogen (secondary N) is 1. The molecule has 0 aromatic heterocycles. The summed E-state index contributed by atoms with van der Waals surface area (Å²) < 4.78 is 0. The van der Waals surface area contributed by atoms with Crippen molar-refractivity contribution in [2.75, 3.05) is 0 Å². The molecule has 0 bridgehead atoms. The standard InChI is InChI=1S/C21H32N2O2/c1-6-8-17-10-11-18(12-14(17)3)16(5)23-13-19(15(4)21(24)25)20(22)9-7-2/h7,9-13,16,20-21,23-25H,4,6,8,22H2,1-3,5H3/b9-7-,19-13-. The Hall–Kier alpha value is -1.88. The minimum atomic E-state index is -1.63. The first-order valence-corrected chi connectivity index (χ1v) is 8.81. The monoisotopic (exact) mass is 344 g/mol. The summed E-state index contributed by atoms with van der Waals surface area (Å²) in [6.45, 7) is 12.0. The summed E-state index contributed by atoms with van der Waals surface area (Å²) in [5.74, 6) is 0. The minimum absolute atomic E-state index is 0.0609. The zero-order valence-corrected chi connectivity index (χ0v) is 15.8. The summed E-state index contributed by atoms with van der Waals surface area (Å²) in [6.07, 6.45) is 5.94. The van der Waals surface area contributed by atoms with Crippen LogP contribution in [0.3, 0.4) is 0 Å². The van der Waals surface area contributed by atoms with Crippen LogP contribution in [0.25, 0.3) is 0 Å². The van der Waals surface area contributed by atoms with Crippen LogP contribution in [0.1, 0.15) is 49.9 Å². The van der Waals surface area contributed by atoms with E-state index in [-0.39, 0.29) is 11.6 Å². The van der Waals surface area contributed by atoms with Crippen molar-refractivity contribution in [3.8, 4) is 0 Å². The highest BCUT2D eigenvalue weighted by Crippen LogP contribution is 2.20. The van der Waals surface area contributed by atoms with Gasteiger partial charge in [0, 0.05) is 23.9 Å². The largest absolute Gasteiger partial charge is 0.384 e. The molecule has 138 valence electrons. The lowest BCUT2D eigenvalue weighted by Gasteiger charge is -2.20. The molecule has 4 nitrogen and oxygen atoms in total. The van der Waals surface area contributed by atoms with Crippen molar-refractivity contribution in [2.24, 2.45) is 5.73 Å². The van der Waals surface area contributed by atoms with Crippen molar-refractivity contribution in [1.29, 1.82) is 0 Å². The van der Waals surface area contributed by atoms with Crippen molar-refractivity contribution >= 4 is 0 Å². The first-order valence-electron chi connectivity index (χ1n) is 8.81. The van der Waals surface area contributed by atoms with E-state index in [9.17, 15) is 10.2 Å². The molecule has 0 saturated heterocycles. The molecule has 1 rings (SSSR count). The van der Waals surface area contributed by atoms with Crippen LogP contribution in [0.5, 0.6) is 0 Å². The van der Waals surface area contributed by atoms with Gasteiger partial charge in [-0.3, -0.25) is 0 Å². The van der Waals surface area contributed by atoms with Gasteiger partial charge in [0.15, 0.2) is 6.29 Å². The molecule has 0 aliphatic heterocycles. The lowest BCUT2D eigenvalue weighted by molar-refractivity contribution is -0.00591. The summed E-state index contributed by atoms with van der Waals surface area (Å²) >= 11 is 0. The van der Waals surface area contributed by atoms with Gasteiger partial charge < -0.3 is 21.3 Å². The molecular formula is C21H32N2O2. The van der Waals surface area contributed by atoms with Crippen LogP contribution >= 0.6 is 0 Å². The Morgan fingerprint density at radius 3 is 2.56 bits per heavy atom. The van der Waals surface area contributed by atoms with E-state index in [0.29, 0.717) is 5.57 Å². The summed E-state index contributed by atoms with van der Waals surface area (Å²) in [7, 11) is 0. The summed E-state index contributed by atoms with van der Waals surface area (Å²) in [5.41, 5.74) is 10.7. The van der Waals surface area contributed by atoms with Gasteiger partial charge in [0.05, 0.1) is 0 Å². The fraction of sp³-hybridized carbons (Fsp3) is 0.429. The molecule has 2 unspecified atom stereocenters. The maximum Gasteiger partial charge on any atom is 0.178 e. The van der Waals surface area contributed by atoms with E-state index in [1.807, 2.05) is 13.0 Å². The fourth-order valence-electron chi connectivity index (χ4n) is 2.71. The average molecular weight is 344 g/mol. The van der Waals surface area contributed by atoms with Crippen molar-refractivity contribution in [3.63, 3.8) is 0 Å². The molecule has 0 aliphatic rings. The quantitative estimate of drug-likeness (QED) is 0.315. The van der Waals surface area contributed by atoms with E-state index in [2.05, 4.69) is 50.9 Å². The van der Waals surface area contributed by atoms with Gasteiger partial charge >= 0.3 is 0 Å². The molecule has 25 heavy (non-hydrogen) atoms. The summed E-state index contributed by atoms with van der Waals surface area (Å²) in [5, 5.41) is 22.1. The van der Waals surface area contributed by atoms with Crippen LogP contribution in [-0.2, 0) is 6.42 Å². The lowest BCUT2D eigenvalue weighted by Crippen LogP contribution is -2.27. The topological polar surface area (TPSA) is 78.5 Å². The highest BCUT2D eigenvalue weighted by atomic mass is 16.5. The third-order valence-corrected chi connectivity index (χ3v) is 4.32. The molecule has 1 aromatic carbocycles. The zero-order valence-electron chi connectivity index (χ0n) is 15.8. The van der Waals surface area contributed by atoms with Crippen LogP contribution in [0.15, 0.2) is 54.3 Å². The van der Waals surface area contributed by atoms with E-state index in [4.69, 9.17) is 5.73 Å². The third-order valence-electron chi connectivity index (χ3n) is 4.32. The Balaban J connectivity index is 2.98. The second-order valence-corrected chi connectivity index (χ2v) is 6.37. The number of hydrogen-bond acceptors (Lipinski definition) is 4. The van der Waals surface area contributed by atoms with E-state index in [1.54, 1.807) is 12.3 Å². The molecule has 0 fully saturated rings. The van der Waals surface area contributed by atoms with Gasteiger partial charge in [-0.1, -0.05) is 50.3 Å². The number of nitrogens with two attached hydrogens (primary N) is 1. The second-order valence-electron chi connectivity index (χ2n) is 6.37. The van der Waals surface area contributed by atoms with Crippen LogP contribution in [0, 0.1) is 6.92 Å². The zero-order chi connectivity index (χ0) is 19.0. The van der Waals surface area contributed by atoms with E-state index < -0.39 is 12.3 Å². The van der Waals surface area contributed by atoms with Gasteiger partial charge in [0.1, 0.15) is 0 Å². The summed E-state index contributed by atoms with van der Waals surface area (Å²) in [6, 6.07) is 6.11. The predicted molar refractivity (Wildman–Crippen MR) is 105 cm³/mol. The minimum Gasteiger partial charge on any atom is -0.384 e. The Labute approximate surface area is 151 Å². The fourth-order valence-corrected chi connectivity index (χ4v) is 2.71. The Morgan fingerprint density at radius 1 is 1.36 bits per heavy atom. The van der Waals surface area contributed by atoms with Crippen molar-refractivity contribution in [1.82, 2.24) is 5.32 Å². The molecule has 0 saturated carbocycles. The second kappa shape index (κ2) is 10.2. The van der Waals surface area contributed by atoms with Gasteiger partial charge in [-0.15, -0.1) is 0 Å². The molecular weight excluding hydrogens is 312 g/mol. The molecule has 0 aliphatic carbocycles. The van der Waals surface area contributed by atoms with Gasteiger partial charge in [0.25, 0.3) is 0 Å². The van der Waals surface area contributed by atoms with Gasteiger partial charge in [-0.2, -0.15) is 0 Å². The normalized spacial score (nSPS) is 14.8. The summed E-state index contributed by atoms with van der Waals surface area (Å²) in [4.78, 5) is 0. The number of aryl methyl sites for hydroxylation is 2. The molecule has 0 amide bonds. The molecule has 0 spiro atoms. The SMILES string of the molecule is C=C(/C(=C/NC(C)c1ccc(CCC)c(C)c1)C(N)/C=C\C)C(O)O. The lowest BCUT2D eigenvalue weighted by atomic mass is 9.98. The number of aliphatic hydroxyl groups excluding tert-OH is 1.